The van der Waals surface area contributed by atoms with E-state index in [1.54, 1.807) is 0 Å². The minimum absolute atomic E-state index is 0.0645. The first kappa shape index (κ1) is 11.1. The van der Waals surface area contributed by atoms with Crippen LogP contribution < -0.4 is 5.32 Å². The monoisotopic (exact) mass is 232 g/mol. The van der Waals surface area contributed by atoms with Gasteiger partial charge >= 0.3 is 0 Å². The Morgan fingerprint density at radius 3 is 2.12 bits per heavy atom. The van der Waals surface area contributed by atoms with E-state index in [4.69, 9.17) is 0 Å². The lowest BCUT2D eigenvalue weighted by atomic mass is 9.50. The molecule has 1 unspecified atom stereocenters. The maximum absolute atomic E-state index is 11.2. The van der Waals surface area contributed by atoms with E-state index in [-0.39, 0.29) is 11.9 Å². The first-order chi connectivity index (χ1) is 8.17. The minimum atomic E-state index is -0.248. The predicted molar refractivity (Wildman–Crippen MR) is 63.8 cm³/mol. The molecule has 1 amide bonds. The lowest BCUT2D eigenvalue weighted by Crippen LogP contribution is -2.53. The second kappa shape index (κ2) is 4.01. The Bertz CT molecular complexity index is 343. The quantitative estimate of drug-likeness (QED) is 0.792. The topological polar surface area (TPSA) is 52.9 Å². The molecule has 1 atom stereocenters. The summed E-state index contributed by atoms with van der Waals surface area (Å²) in [6, 6.07) is 2.08. The van der Waals surface area contributed by atoms with Crippen LogP contribution in [0.25, 0.3) is 0 Å². The molecule has 0 radical (unpaired) electrons. The zero-order valence-electron chi connectivity index (χ0n) is 10.4. The molecule has 4 fully saturated rings. The van der Waals surface area contributed by atoms with Gasteiger partial charge in [-0.25, -0.2) is 0 Å². The molecule has 0 aromatic carbocycles. The Hall–Kier alpha value is -1.04. The standard InChI is InChI=1S/C14H20N2O/c1-8(17)16-13(7-15)14-11-3-9-2-10(5-11)6-12(14)4-9/h9-14H,2-6H2,1H3,(H,16,17). The number of amides is 1. The van der Waals surface area contributed by atoms with Gasteiger partial charge in [0.05, 0.1) is 6.07 Å². The van der Waals surface area contributed by atoms with Gasteiger partial charge in [0.1, 0.15) is 6.04 Å². The van der Waals surface area contributed by atoms with E-state index < -0.39 is 0 Å². The Balaban J connectivity index is 1.79. The van der Waals surface area contributed by atoms with Gasteiger partial charge in [0, 0.05) is 6.92 Å². The largest absolute Gasteiger partial charge is 0.340 e. The van der Waals surface area contributed by atoms with Crippen molar-refractivity contribution >= 4 is 5.91 Å². The molecular weight excluding hydrogens is 212 g/mol. The molecule has 0 aromatic rings. The van der Waals surface area contributed by atoms with Crippen LogP contribution >= 0.6 is 0 Å². The summed E-state index contributed by atoms with van der Waals surface area (Å²) in [7, 11) is 0. The molecule has 92 valence electrons. The highest BCUT2D eigenvalue weighted by atomic mass is 16.1. The maximum atomic E-state index is 11.2. The van der Waals surface area contributed by atoms with E-state index in [1.807, 2.05) is 0 Å². The molecule has 17 heavy (non-hydrogen) atoms. The summed E-state index contributed by atoms with van der Waals surface area (Å²) in [5.41, 5.74) is 0. The van der Waals surface area contributed by atoms with Crippen LogP contribution in [-0.2, 0) is 4.79 Å². The van der Waals surface area contributed by atoms with Gasteiger partial charge in [-0.15, -0.1) is 0 Å². The van der Waals surface area contributed by atoms with E-state index in [1.165, 1.54) is 39.0 Å². The van der Waals surface area contributed by atoms with Gasteiger partial charge in [0.25, 0.3) is 0 Å². The fraction of sp³-hybridized carbons (Fsp3) is 0.857. The SMILES string of the molecule is CC(=O)NC(C#N)C1C2CC3CC(C2)CC1C3. The van der Waals surface area contributed by atoms with Crippen molar-refractivity contribution < 1.29 is 4.79 Å². The van der Waals surface area contributed by atoms with Crippen molar-refractivity contribution in [2.75, 3.05) is 0 Å². The maximum Gasteiger partial charge on any atom is 0.217 e. The molecule has 3 nitrogen and oxygen atoms in total. The van der Waals surface area contributed by atoms with Crippen LogP contribution in [0.2, 0.25) is 0 Å². The van der Waals surface area contributed by atoms with Crippen molar-refractivity contribution in [1.82, 2.24) is 5.32 Å². The number of rotatable bonds is 2. The van der Waals surface area contributed by atoms with E-state index >= 15 is 0 Å². The van der Waals surface area contributed by atoms with Crippen LogP contribution in [0.15, 0.2) is 0 Å². The number of nitrogens with one attached hydrogen (secondary N) is 1. The average Bonchev–Trinajstić information content (AvgIpc) is 2.25. The van der Waals surface area contributed by atoms with E-state index in [9.17, 15) is 10.1 Å². The van der Waals surface area contributed by atoms with Crippen LogP contribution in [0.5, 0.6) is 0 Å². The van der Waals surface area contributed by atoms with Crippen LogP contribution in [0.3, 0.4) is 0 Å². The Morgan fingerprint density at radius 1 is 1.18 bits per heavy atom. The number of hydrogen-bond donors (Lipinski definition) is 1. The summed E-state index contributed by atoms with van der Waals surface area (Å²) in [4.78, 5) is 11.2. The Morgan fingerprint density at radius 2 is 1.71 bits per heavy atom. The summed E-state index contributed by atoms with van der Waals surface area (Å²) in [6.07, 6.45) is 6.63. The lowest BCUT2D eigenvalue weighted by molar-refractivity contribution is -0.121. The van der Waals surface area contributed by atoms with Crippen LogP contribution in [-0.4, -0.2) is 11.9 Å². The first-order valence-corrected chi connectivity index (χ1v) is 6.84. The molecule has 0 spiro atoms. The summed E-state index contributed by atoms with van der Waals surface area (Å²) in [5.74, 6) is 3.60. The van der Waals surface area contributed by atoms with Gasteiger partial charge in [-0.05, 0) is 61.7 Å². The molecule has 4 aliphatic rings. The van der Waals surface area contributed by atoms with Gasteiger partial charge in [0.15, 0.2) is 0 Å². The van der Waals surface area contributed by atoms with Gasteiger partial charge in [-0.3, -0.25) is 4.79 Å². The highest BCUT2D eigenvalue weighted by Gasteiger charge is 2.50. The highest BCUT2D eigenvalue weighted by molar-refractivity contribution is 5.73. The third-order valence-corrected chi connectivity index (χ3v) is 5.18. The highest BCUT2D eigenvalue weighted by Crippen LogP contribution is 2.57. The number of nitrogens with zero attached hydrogens (tertiary/aromatic N) is 1. The molecule has 1 N–H and O–H groups in total. The second-order valence-electron chi connectivity index (χ2n) is 6.32. The molecule has 0 heterocycles. The molecule has 4 saturated carbocycles. The normalized spacial score (nSPS) is 44.1. The van der Waals surface area contributed by atoms with E-state index in [0.29, 0.717) is 17.8 Å². The third-order valence-electron chi connectivity index (χ3n) is 5.18. The fourth-order valence-corrected chi connectivity index (χ4v) is 4.95. The molecular formula is C14H20N2O. The number of carbonyl (C=O) groups is 1. The minimum Gasteiger partial charge on any atom is -0.340 e. The van der Waals surface area contributed by atoms with Crippen molar-refractivity contribution in [3.8, 4) is 6.07 Å². The van der Waals surface area contributed by atoms with E-state index in [2.05, 4.69) is 11.4 Å². The van der Waals surface area contributed by atoms with Crippen molar-refractivity contribution in [3.63, 3.8) is 0 Å². The van der Waals surface area contributed by atoms with Gasteiger partial charge in [-0.1, -0.05) is 0 Å². The summed E-state index contributed by atoms with van der Waals surface area (Å²) < 4.78 is 0. The zero-order valence-corrected chi connectivity index (χ0v) is 10.4. The predicted octanol–water partition coefficient (Wildman–Crippen LogP) is 2.09. The van der Waals surface area contributed by atoms with Crippen LogP contribution in [0.1, 0.15) is 39.0 Å². The molecule has 4 aliphatic carbocycles. The van der Waals surface area contributed by atoms with E-state index in [0.717, 1.165) is 11.8 Å². The molecule has 0 aliphatic heterocycles. The number of hydrogen-bond acceptors (Lipinski definition) is 2. The molecule has 4 rings (SSSR count). The molecule has 4 bridgehead atoms. The summed E-state index contributed by atoms with van der Waals surface area (Å²) in [5, 5.41) is 12.2. The second-order valence-corrected chi connectivity index (χ2v) is 6.32. The smallest absolute Gasteiger partial charge is 0.217 e. The van der Waals surface area contributed by atoms with Crippen molar-refractivity contribution in [1.29, 1.82) is 5.26 Å². The molecule has 3 heteroatoms. The average molecular weight is 232 g/mol. The number of nitriles is 1. The Kier molecular flexibility index (Phi) is 2.61. The first-order valence-electron chi connectivity index (χ1n) is 6.84. The third kappa shape index (κ3) is 1.84. The van der Waals surface area contributed by atoms with Gasteiger partial charge in [0.2, 0.25) is 5.91 Å². The summed E-state index contributed by atoms with van der Waals surface area (Å²) in [6.45, 7) is 1.51. The number of carbonyl (C=O) groups excluding carboxylic acids is 1. The lowest BCUT2D eigenvalue weighted by Gasteiger charge is -2.55. The van der Waals surface area contributed by atoms with Crippen molar-refractivity contribution in [2.24, 2.45) is 29.6 Å². The fourth-order valence-electron chi connectivity index (χ4n) is 4.95. The van der Waals surface area contributed by atoms with Crippen molar-refractivity contribution in [2.45, 2.75) is 45.1 Å². The summed E-state index contributed by atoms with van der Waals surface area (Å²) >= 11 is 0. The van der Waals surface area contributed by atoms with Crippen LogP contribution in [0.4, 0.5) is 0 Å². The zero-order chi connectivity index (χ0) is 12.0. The van der Waals surface area contributed by atoms with Gasteiger partial charge in [-0.2, -0.15) is 5.26 Å². The van der Waals surface area contributed by atoms with Gasteiger partial charge < -0.3 is 5.32 Å². The molecule has 0 saturated heterocycles. The Labute approximate surface area is 103 Å². The molecule has 0 aromatic heterocycles. The van der Waals surface area contributed by atoms with Crippen molar-refractivity contribution in [3.05, 3.63) is 0 Å². The van der Waals surface area contributed by atoms with Crippen LogP contribution in [0, 0.1) is 40.9 Å².